The molecule has 86 valence electrons. The Morgan fingerprint density at radius 3 is 2.71 bits per heavy atom. The third kappa shape index (κ3) is 1.40. The van der Waals surface area contributed by atoms with Gasteiger partial charge >= 0.3 is 17.1 Å². The lowest BCUT2D eigenvalue weighted by Crippen LogP contribution is -2.09. The predicted octanol–water partition coefficient (Wildman–Crippen LogP) is 0.329. The molecule has 0 aliphatic carbocycles. The number of carboxylic acid groups (broad SMARTS) is 1. The van der Waals surface area contributed by atoms with Crippen molar-refractivity contribution < 1.29 is 9.90 Å². The molecule has 0 aliphatic heterocycles. The van der Waals surface area contributed by atoms with E-state index in [0.29, 0.717) is 9.53 Å². The van der Waals surface area contributed by atoms with E-state index >= 15 is 0 Å². The van der Waals surface area contributed by atoms with E-state index in [-0.39, 0.29) is 10.6 Å². The Labute approximate surface area is 100 Å². The summed E-state index contributed by atoms with van der Waals surface area (Å²) in [6.45, 7) is 0. The summed E-state index contributed by atoms with van der Waals surface area (Å²) in [4.78, 5) is 37.3. The van der Waals surface area contributed by atoms with Gasteiger partial charge in [-0.1, -0.05) is 11.3 Å². The first kappa shape index (κ1) is 10.2. The second-order valence-electron chi connectivity index (χ2n) is 3.16. The topological polar surface area (TPSA) is 101 Å². The van der Waals surface area contributed by atoms with Crippen LogP contribution in [0.3, 0.4) is 0 Å². The molecule has 0 aliphatic rings. The second kappa shape index (κ2) is 3.25. The zero-order valence-corrected chi connectivity index (χ0v) is 9.59. The van der Waals surface area contributed by atoms with Crippen molar-refractivity contribution in [1.82, 2.24) is 9.66 Å². The molecule has 3 rings (SSSR count). The minimum atomic E-state index is -1.12. The molecule has 0 saturated heterocycles. The number of carboxylic acids is 1. The van der Waals surface area contributed by atoms with Crippen molar-refractivity contribution >= 4 is 43.2 Å². The number of nitrogens with one attached hydrogen (secondary N) is 1. The largest absolute Gasteiger partial charge is 0.478 e. The molecule has 17 heavy (non-hydrogen) atoms. The number of thiophene rings is 1. The number of hydrogen-bond donors (Lipinski definition) is 2. The highest BCUT2D eigenvalue weighted by Crippen LogP contribution is 2.37. The molecule has 0 fully saturated rings. The van der Waals surface area contributed by atoms with Crippen molar-refractivity contribution in [3.8, 4) is 0 Å². The summed E-state index contributed by atoms with van der Waals surface area (Å²) in [7, 11) is 0. The number of anilines is 1. The first-order valence-electron chi connectivity index (χ1n) is 4.34. The molecule has 9 heteroatoms. The van der Waals surface area contributed by atoms with Crippen LogP contribution in [-0.4, -0.2) is 20.7 Å². The van der Waals surface area contributed by atoms with Crippen LogP contribution in [0.1, 0.15) is 10.4 Å². The van der Waals surface area contributed by atoms with E-state index in [1.807, 2.05) is 0 Å². The van der Waals surface area contributed by atoms with Gasteiger partial charge in [-0.15, -0.1) is 11.3 Å². The van der Waals surface area contributed by atoms with Crippen molar-refractivity contribution in [2.45, 2.75) is 0 Å². The SMILES string of the molecule is O=C(O)c1c(Nn2c(=O)c2=O)sc2ncsc12. The Bertz CT molecular complexity index is 779. The standard InChI is InChI=1S/C8H3N3O4S2/c12-6-7(13)11(6)10-4-2(8(14)15)3-5(17-4)9-1-16-3/h1,10H,(H,14,15). The van der Waals surface area contributed by atoms with E-state index < -0.39 is 17.1 Å². The van der Waals surface area contributed by atoms with Crippen LogP contribution in [0, 0.1) is 0 Å². The molecule has 3 aromatic rings. The summed E-state index contributed by atoms with van der Waals surface area (Å²) in [6.07, 6.45) is 0. The zero-order chi connectivity index (χ0) is 12.2. The molecular weight excluding hydrogens is 266 g/mol. The Morgan fingerprint density at radius 1 is 1.41 bits per heavy atom. The molecule has 2 N–H and O–H groups in total. The third-order valence-corrected chi connectivity index (χ3v) is 4.13. The highest BCUT2D eigenvalue weighted by molar-refractivity contribution is 7.29. The highest BCUT2D eigenvalue weighted by Gasteiger charge is 2.24. The molecule has 0 aromatic carbocycles. The molecule has 0 spiro atoms. The Balaban J connectivity index is 2.15. The van der Waals surface area contributed by atoms with Crippen LogP contribution in [0.4, 0.5) is 5.00 Å². The van der Waals surface area contributed by atoms with Gasteiger partial charge < -0.3 is 5.11 Å². The lowest BCUT2D eigenvalue weighted by atomic mass is 10.3. The van der Waals surface area contributed by atoms with Gasteiger partial charge in [0.2, 0.25) is 0 Å². The Kier molecular flexibility index (Phi) is 1.94. The number of aromatic carboxylic acids is 1. The van der Waals surface area contributed by atoms with E-state index in [1.54, 1.807) is 5.51 Å². The van der Waals surface area contributed by atoms with E-state index in [4.69, 9.17) is 5.11 Å². The van der Waals surface area contributed by atoms with E-state index in [9.17, 15) is 14.4 Å². The summed E-state index contributed by atoms with van der Waals surface area (Å²) in [5.74, 6) is -1.12. The van der Waals surface area contributed by atoms with Gasteiger partial charge in [-0.2, -0.15) is 4.68 Å². The van der Waals surface area contributed by atoms with Gasteiger partial charge in [0.25, 0.3) is 0 Å². The normalized spacial score (nSPS) is 11.3. The molecule has 0 unspecified atom stereocenters. The Morgan fingerprint density at radius 2 is 2.12 bits per heavy atom. The van der Waals surface area contributed by atoms with Gasteiger partial charge in [0.1, 0.15) is 15.4 Å². The second-order valence-corrected chi connectivity index (χ2v) is 5.01. The summed E-state index contributed by atoms with van der Waals surface area (Å²) in [6, 6.07) is 0. The molecule has 0 amide bonds. The summed E-state index contributed by atoms with van der Waals surface area (Å²) < 4.78 is 1.30. The van der Waals surface area contributed by atoms with Gasteiger partial charge in [-0.25, -0.2) is 9.78 Å². The Hall–Kier alpha value is -2.00. The number of fused-ring (bicyclic) bond motifs is 1. The average molecular weight is 269 g/mol. The fraction of sp³-hybridized carbons (Fsp3) is 0. The maximum atomic E-state index is 11.1. The first-order chi connectivity index (χ1) is 8.09. The van der Waals surface area contributed by atoms with Gasteiger partial charge in [0.15, 0.2) is 0 Å². The lowest BCUT2D eigenvalue weighted by Gasteiger charge is -1.98. The minimum Gasteiger partial charge on any atom is -0.478 e. The fourth-order valence-electron chi connectivity index (χ4n) is 1.34. The summed E-state index contributed by atoms with van der Waals surface area (Å²) >= 11 is 2.29. The molecule has 7 nitrogen and oxygen atoms in total. The van der Waals surface area contributed by atoms with Crippen LogP contribution in [0.15, 0.2) is 15.1 Å². The molecule has 0 bridgehead atoms. The van der Waals surface area contributed by atoms with Gasteiger partial charge in [-0.3, -0.25) is 15.0 Å². The van der Waals surface area contributed by atoms with Crippen LogP contribution in [0.5, 0.6) is 0 Å². The van der Waals surface area contributed by atoms with Crippen LogP contribution >= 0.6 is 22.7 Å². The molecule has 0 atom stereocenters. The smallest absolute Gasteiger partial charge is 0.340 e. The van der Waals surface area contributed by atoms with Crippen molar-refractivity contribution in [2.24, 2.45) is 0 Å². The van der Waals surface area contributed by atoms with Gasteiger partial charge in [0, 0.05) is 0 Å². The van der Waals surface area contributed by atoms with Crippen LogP contribution in [0.2, 0.25) is 0 Å². The summed E-state index contributed by atoms with van der Waals surface area (Å²) in [5.41, 5.74) is 2.72. The van der Waals surface area contributed by atoms with Crippen molar-refractivity contribution in [1.29, 1.82) is 0 Å². The number of aromatic nitrogens is 2. The monoisotopic (exact) mass is 269 g/mol. The molecule has 0 saturated carbocycles. The van der Waals surface area contributed by atoms with Crippen LogP contribution < -0.4 is 16.5 Å². The highest BCUT2D eigenvalue weighted by atomic mass is 32.1. The quantitative estimate of drug-likeness (QED) is 0.664. The number of thiazole rings is 1. The molecule has 3 aromatic heterocycles. The maximum absolute atomic E-state index is 11.1. The number of rotatable bonds is 3. The van der Waals surface area contributed by atoms with Crippen molar-refractivity contribution in [2.75, 3.05) is 5.43 Å². The van der Waals surface area contributed by atoms with E-state index in [0.717, 1.165) is 16.0 Å². The fourth-order valence-corrected chi connectivity index (χ4v) is 3.38. The average Bonchev–Trinajstić information content (AvgIpc) is 2.71. The third-order valence-electron chi connectivity index (χ3n) is 2.15. The number of carbonyl (C=O) groups is 1. The molecular formula is C8H3N3O4S2. The van der Waals surface area contributed by atoms with E-state index in [1.165, 1.54) is 11.3 Å². The minimum absolute atomic E-state index is 0.0417. The molecule has 0 radical (unpaired) electrons. The molecule has 3 heterocycles. The number of nitrogens with zero attached hydrogens (tertiary/aromatic N) is 2. The van der Waals surface area contributed by atoms with Crippen LogP contribution in [0.25, 0.3) is 9.53 Å². The summed E-state index contributed by atoms with van der Waals surface area (Å²) in [5, 5.41) is 9.33. The maximum Gasteiger partial charge on any atom is 0.340 e. The lowest BCUT2D eigenvalue weighted by molar-refractivity contribution is 0.0700. The number of hydrogen-bond acceptors (Lipinski definition) is 7. The van der Waals surface area contributed by atoms with Gasteiger partial charge in [0.05, 0.1) is 10.2 Å². The first-order valence-corrected chi connectivity index (χ1v) is 6.03. The van der Waals surface area contributed by atoms with Crippen molar-refractivity contribution in [3.63, 3.8) is 0 Å². The zero-order valence-electron chi connectivity index (χ0n) is 7.96. The predicted molar refractivity (Wildman–Crippen MR) is 62.8 cm³/mol. The van der Waals surface area contributed by atoms with Crippen LogP contribution in [-0.2, 0) is 0 Å². The van der Waals surface area contributed by atoms with Gasteiger partial charge in [-0.05, 0) is 0 Å². The van der Waals surface area contributed by atoms with Crippen molar-refractivity contribution in [3.05, 3.63) is 31.8 Å². The van der Waals surface area contributed by atoms with E-state index in [2.05, 4.69) is 10.4 Å².